The Kier molecular flexibility index (Phi) is 12.8. The Labute approximate surface area is 325 Å². The maximum Gasteiger partial charge on any atom is 0.408 e. The van der Waals surface area contributed by atoms with E-state index in [-0.39, 0.29) is 11.7 Å². The molecule has 11 heteroatoms. The Morgan fingerprint density at radius 2 is 1.44 bits per heavy atom. The SMILES string of the molecule is CC1CCN(C(=O)C(C)(c2ccc(-c3ccccc3)cc2)n2cnc(NC(=O)[C@H](CCCc3ccccc3)NC(=O)C(C)(C)NC(=O)OC(C)(C)C)c2)CC1. The van der Waals surface area contributed by atoms with E-state index < -0.39 is 40.6 Å². The van der Waals surface area contributed by atoms with Crippen molar-refractivity contribution in [1.82, 2.24) is 25.1 Å². The van der Waals surface area contributed by atoms with Gasteiger partial charge in [-0.25, -0.2) is 9.78 Å². The van der Waals surface area contributed by atoms with E-state index >= 15 is 0 Å². The normalized spacial score (nSPS) is 15.4. The number of amides is 4. The minimum Gasteiger partial charge on any atom is -0.444 e. The summed E-state index contributed by atoms with van der Waals surface area (Å²) in [5.41, 5.74) is 0.722. The molecule has 1 saturated heterocycles. The molecule has 0 aliphatic carbocycles. The zero-order valence-corrected chi connectivity index (χ0v) is 33.2. The maximum absolute atomic E-state index is 14.5. The van der Waals surface area contributed by atoms with Gasteiger partial charge in [-0.05, 0) is 102 Å². The lowest BCUT2D eigenvalue weighted by Crippen LogP contribution is -2.58. The molecule has 2 heterocycles. The fraction of sp³-hybridized carbons (Fsp3) is 0.432. The predicted octanol–water partition coefficient (Wildman–Crippen LogP) is 7.32. The number of likely N-dealkylation sites (tertiary alicyclic amines) is 1. The van der Waals surface area contributed by atoms with Gasteiger partial charge in [0.1, 0.15) is 22.7 Å². The van der Waals surface area contributed by atoms with E-state index in [9.17, 15) is 19.2 Å². The number of piperidine rings is 1. The van der Waals surface area contributed by atoms with Crippen LogP contribution in [0.2, 0.25) is 0 Å². The van der Waals surface area contributed by atoms with Crippen LogP contribution in [0.25, 0.3) is 11.1 Å². The van der Waals surface area contributed by atoms with E-state index in [0.29, 0.717) is 38.3 Å². The highest BCUT2D eigenvalue weighted by atomic mass is 16.6. The third-order valence-corrected chi connectivity index (χ3v) is 10.2. The summed E-state index contributed by atoms with van der Waals surface area (Å²) in [6.07, 6.45) is 6.00. The van der Waals surface area contributed by atoms with Gasteiger partial charge in [0.2, 0.25) is 11.8 Å². The molecule has 3 aromatic carbocycles. The zero-order valence-electron chi connectivity index (χ0n) is 33.2. The number of benzene rings is 3. The fourth-order valence-electron chi connectivity index (χ4n) is 6.74. The van der Waals surface area contributed by atoms with E-state index in [1.54, 1.807) is 51.7 Å². The molecule has 3 N–H and O–H groups in total. The van der Waals surface area contributed by atoms with Gasteiger partial charge < -0.3 is 30.2 Å². The van der Waals surface area contributed by atoms with Crippen molar-refractivity contribution in [2.75, 3.05) is 18.4 Å². The van der Waals surface area contributed by atoms with Crippen LogP contribution in [0.5, 0.6) is 0 Å². The van der Waals surface area contributed by atoms with Gasteiger partial charge in [-0.3, -0.25) is 14.4 Å². The monoisotopic (exact) mass is 748 g/mol. The third kappa shape index (κ3) is 10.6. The maximum atomic E-state index is 14.5. The first kappa shape index (κ1) is 40.7. The van der Waals surface area contributed by atoms with Crippen LogP contribution in [-0.4, -0.2) is 68.5 Å². The predicted molar refractivity (Wildman–Crippen MR) is 215 cm³/mol. The largest absolute Gasteiger partial charge is 0.444 e. The summed E-state index contributed by atoms with van der Waals surface area (Å²) in [7, 11) is 0. The number of hydrogen-bond acceptors (Lipinski definition) is 6. The average molecular weight is 749 g/mol. The number of nitrogens with zero attached hydrogens (tertiary/aromatic N) is 3. The van der Waals surface area contributed by atoms with Crippen LogP contribution in [0.1, 0.15) is 85.3 Å². The summed E-state index contributed by atoms with van der Waals surface area (Å²) in [4.78, 5) is 61.1. The van der Waals surface area contributed by atoms with Gasteiger partial charge in [0, 0.05) is 19.3 Å². The Morgan fingerprint density at radius 3 is 2.05 bits per heavy atom. The molecule has 11 nitrogen and oxygen atoms in total. The number of carbonyl (C=O) groups is 4. The second-order valence-corrected chi connectivity index (χ2v) is 16.3. The highest BCUT2D eigenvalue weighted by Gasteiger charge is 2.41. The molecule has 2 atom stereocenters. The summed E-state index contributed by atoms with van der Waals surface area (Å²) >= 11 is 0. The lowest BCUT2D eigenvalue weighted by Gasteiger charge is -2.39. The summed E-state index contributed by atoms with van der Waals surface area (Å²) in [6.45, 7) is 13.8. The quantitative estimate of drug-likeness (QED) is 0.131. The molecule has 1 aliphatic heterocycles. The van der Waals surface area contributed by atoms with Crippen LogP contribution in [0, 0.1) is 5.92 Å². The van der Waals surface area contributed by atoms with Crippen molar-refractivity contribution in [2.45, 2.75) is 103 Å². The summed E-state index contributed by atoms with van der Waals surface area (Å²) in [5, 5.41) is 8.38. The number of anilines is 1. The van der Waals surface area contributed by atoms with Crippen LogP contribution < -0.4 is 16.0 Å². The first-order valence-corrected chi connectivity index (χ1v) is 19.2. The molecule has 4 amide bonds. The topological polar surface area (TPSA) is 135 Å². The van der Waals surface area contributed by atoms with E-state index in [0.717, 1.165) is 35.1 Å². The van der Waals surface area contributed by atoms with Crippen LogP contribution in [-0.2, 0) is 31.1 Å². The molecule has 55 heavy (non-hydrogen) atoms. The van der Waals surface area contributed by atoms with Crippen molar-refractivity contribution in [1.29, 1.82) is 0 Å². The molecule has 0 spiro atoms. The number of aromatic nitrogens is 2. The number of hydrogen-bond donors (Lipinski definition) is 3. The van der Waals surface area contributed by atoms with Crippen molar-refractivity contribution in [3.8, 4) is 11.1 Å². The molecule has 1 fully saturated rings. The van der Waals surface area contributed by atoms with Gasteiger partial charge in [0.25, 0.3) is 5.91 Å². The number of nitrogens with one attached hydrogen (secondary N) is 3. The number of carbonyl (C=O) groups excluding carboxylic acids is 4. The molecule has 0 saturated carbocycles. The molecule has 292 valence electrons. The van der Waals surface area contributed by atoms with Gasteiger partial charge >= 0.3 is 6.09 Å². The number of rotatable bonds is 13. The van der Waals surface area contributed by atoms with Crippen molar-refractivity contribution in [3.63, 3.8) is 0 Å². The molecule has 1 aromatic heterocycles. The lowest BCUT2D eigenvalue weighted by atomic mass is 9.87. The molecule has 1 unspecified atom stereocenters. The summed E-state index contributed by atoms with van der Waals surface area (Å²) in [5.74, 6) is -0.268. The Morgan fingerprint density at radius 1 is 0.836 bits per heavy atom. The molecular weight excluding hydrogens is 693 g/mol. The fourth-order valence-corrected chi connectivity index (χ4v) is 6.74. The Bertz CT molecular complexity index is 1910. The Hall–Kier alpha value is -5.45. The van der Waals surface area contributed by atoms with Crippen molar-refractivity contribution >= 4 is 29.6 Å². The minimum absolute atomic E-state index is 0.0482. The van der Waals surface area contributed by atoms with Crippen molar-refractivity contribution in [3.05, 3.63) is 109 Å². The van der Waals surface area contributed by atoms with Crippen molar-refractivity contribution in [2.24, 2.45) is 5.92 Å². The lowest BCUT2D eigenvalue weighted by molar-refractivity contribution is -0.139. The Balaban J connectivity index is 1.38. The number of imidazole rings is 1. The van der Waals surface area contributed by atoms with E-state index in [4.69, 9.17) is 4.74 Å². The van der Waals surface area contributed by atoms with Gasteiger partial charge in [-0.2, -0.15) is 0 Å². The van der Waals surface area contributed by atoms with Gasteiger partial charge in [-0.1, -0.05) is 91.9 Å². The van der Waals surface area contributed by atoms with Crippen LogP contribution >= 0.6 is 0 Å². The minimum atomic E-state index is -1.38. The van der Waals surface area contributed by atoms with Gasteiger partial charge in [-0.15, -0.1) is 0 Å². The zero-order chi connectivity index (χ0) is 39.8. The van der Waals surface area contributed by atoms with Gasteiger partial charge in [0.05, 0.1) is 6.33 Å². The second-order valence-electron chi connectivity index (χ2n) is 16.3. The summed E-state index contributed by atoms with van der Waals surface area (Å²) in [6, 6.07) is 27.1. The third-order valence-electron chi connectivity index (χ3n) is 10.2. The molecule has 5 rings (SSSR count). The molecule has 0 bridgehead atoms. The van der Waals surface area contributed by atoms with E-state index in [2.05, 4.69) is 40.0 Å². The standard InChI is InChI=1S/C44H56N6O5/c1-31-25-27-49(28-26-31)40(53)44(7,35-23-21-34(22-24-35)33-18-12-9-13-19-33)50-29-37(45-30-50)47-38(51)36(20-14-17-32-15-10-8-11-16-32)46-39(52)43(5,6)48-41(54)55-42(2,3)4/h8-13,15-16,18-19,21-24,29-31,36H,14,17,20,25-28H2,1-7H3,(H,46,52)(H,47,51)(H,48,54)/t36-,44?/m0/s1. The number of aryl methyl sites for hydroxylation is 1. The first-order chi connectivity index (χ1) is 26.0. The van der Waals surface area contributed by atoms with Crippen LogP contribution in [0.15, 0.2) is 97.5 Å². The number of alkyl carbamates (subject to hydrolysis) is 1. The second kappa shape index (κ2) is 17.3. The van der Waals surface area contributed by atoms with Gasteiger partial charge in [0.15, 0.2) is 5.82 Å². The highest BCUT2D eigenvalue weighted by Crippen LogP contribution is 2.33. The molecule has 0 radical (unpaired) electrons. The average Bonchev–Trinajstić information content (AvgIpc) is 3.62. The number of ether oxygens (including phenoxy) is 1. The highest BCUT2D eigenvalue weighted by molar-refractivity contribution is 5.98. The summed E-state index contributed by atoms with van der Waals surface area (Å²) < 4.78 is 7.13. The van der Waals surface area contributed by atoms with E-state index in [1.807, 2.05) is 84.6 Å². The van der Waals surface area contributed by atoms with E-state index in [1.165, 1.54) is 0 Å². The van der Waals surface area contributed by atoms with Crippen LogP contribution in [0.3, 0.4) is 0 Å². The molecule has 4 aromatic rings. The molecule has 1 aliphatic rings. The first-order valence-electron chi connectivity index (χ1n) is 19.2. The molecular formula is C44H56N6O5. The van der Waals surface area contributed by atoms with Crippen molar-refractivity contribution < 1.29 is 23.9 Å². The smallest absolute Gasteiger partial charge is 0.408 e. The van der Waals surface area contributed by atoms with Crippen LogP contribution in [0.4, 0.5) is 10.6 Å².